The summed E-state index contributed by atoms with van der Waals surface area (Å²) in [4.78, 5) is 25.0. The zero-order chi connectivity index (χ0) is 24.0. The summed E-state index contributed by atoms with van der Waals surface area (Å²) in [6, 6.07) is 7.64. The Hall–Kier alpha value is -3.68. The molecule has 0 radical (unpaired) electrons. The first-order chi connectivity index (χ1) is 15.6. The highest BCUT2D eigenvalue weighted by molar-refractivity contribution is 5.91. The number of phenolic OH excluding ortho intramolecular Hbond substituents is 3. The highest BCUT2D eigenvalue weighted by Crippen LogP contribution is 2.42. The monoisotopic (exact) mass is 462 g/mol. The Labute approximate surface area is 183 Å². The Morgan fingerprint density at radius 2 is 1.55 bits per heavy atom. The molecule has 3 aromatic rings. The molecule has 1 fully saturated rings. The highest BCUT2D eigenvalue weighted by Gasteiger charge is 2.47. The minimum atomic E-state index is -2.01. The molecule has 12 heteroatoms. The number of rotatable bonds is 3. The SMILES string of the molecule is O=C(Oc1cc2oc(-c3ccc(O)cc3)cc(=O)c2c(O)c1O)[C@H]1O[C@H](O)[C@@H](O)[C@@H](O)[C@@H]1O. The van der Waals surface area contributed by atoms with Gasteiger partial charge in [0.25, 0.3) is 0 Å². The number of aromatic hydroxyl groups is 3. The van der Waals surface area contributed by atoms with Crippen LogP contribution in [0.3, 0.4) is 0 Å². The number of esters is 1. The number of benzene rings is 2. The molecule has 1 aromatic heterocycles. The Morgan fingerprint density at radius 3 is 2.21 bits per heavy atom. The Morgan fingerprint density at radius 1 is 0.879 bits per heavy atom. The summed E-state index contributed by atoms with van der Waals surface area (Å²) >= 11 is 0. The summed E-state index contributed by atoms with van der Waals surface area (Å²) in [6.07, 6.45) is -9.76. The van der Waals surface area contributed by atoms with Crippen LogP contribution in [0, 0.1) is 0 Å². The van der Waals surface area contributed by atoms with E-state index in [9.17, 15) is 45.3 Å². The van der Waals surface area contributed by atoms with Crippen molar-refractivity contribution < 1.29 is 54.4 Å². The molecule has 12 nitrogen and oxygen atoms in total. The van der Waals surface area contributed by atoms with Crippen LogP contribution in [0.2, 0.25) is 0 Å². The number of aliphatic hydroxyl groups excluding tert-OH is 4. The van der Waals surface area contributed by atoms with Crippen molar-refractivity contribution in [3.8, 4) is 34.3 Å². The molecule has 5 atom stereocenters. The molecule has 33 heavy (non-hydrogen) atoms. The van der Waals surface area contributed by atoms with Gasteiger partial charge in [-0.3, -0.25) is 4.79 Å². The van der Waals surface area contributed by atoms with E-state index in [0.29, 0.717) is 5.56 Å². The molecule has 4 rings (SSSR count). The third kappa shape index (κ3) is 3.97. The number of aliphatic hydroxyl groups is 4. The fourth-order valence-electron chi connectivity index (χ4n) is 3.34. The third-order valence-corrected chi connectivity index (χ3v) is 5.11. The Balaban J connectivity index is 1.72. The number of hydrogen-bond donors (Lipinski definition) is 7. The standard InChI is InChI=1S/C21H18O12/c22-8-3-1-7(2-4-8)10-5-9(23)13-11(31-10)6-12(14(24)15(13)25)32-21(30)19-17(27)16(26)18(28)20(29)33-19/h1-6,16-20,22,24-29H/t16-,17-,18-,19-,20-/m0/s1. The van der Waals surface area contributed by atoms with Gasteiger partial charge in [0.05, 0.1) is 0 Å². The lowest BCUT2D eigenvalue weighted by atomic mass is 9.99. The van der Waals surface area contributed by atoms with Crippen LogP contribution in [0.5, 0.6) is 23.0 Å². The van der Waals surface area contributed by atoms with Crippen LogP contribution in [-0.4, -0.2) is 72.4 Å². The van der Waals surface area contributed by atoms with E-state index in [1.165, 1.54) is 24.3 Å². The third-order valence-electron chi connectivity index (χ3n) is 5.11. The quantitative estimate of drug-likeness (QED) is 0.146. The second kappa shape index (κ2) is 8.35. The van der Waals surface area contributed by atoms with E-state index in [0.717, 1.165) is 12.1 Å². The van der Waals surface area contributed by atoms with Crippen molar-refractivity contribution >= 4 is 16.9 Å². The molecule has 7 N–H and O–H groups in total. The lowest BCUT2D eigenvalue weighted by molar-refractivity contribution is -0.279. The van der Waals surface area contributed by atoms with Crippen molar-refractivity contribution in [3.63, 3.8) is 0 Å². The van der Waals surface area contributed by atoms with Gasteiger partial charge in [-0.05, 0) is 24.3 Å². The number of phenols is 3. The average Bonchev–Trinajstić information content (AvgIpc) is 2.78. The zero-order valence-electron chi connectivity index (χ0n) is 16.5. The van der Waals surface area contributed by atoms with E-state index in [2.05, 4.69) is 0 Å². The number of carbonyl (C=O) groups is 1. The van der Waals surface area contributed by atoms with Gasteiger partial charge in [0, 0.05) is 17.7 Å². The van der Waals surface area contributed by atoms with Crippen LogP contribution in [0.25, 0.3) is 22.3 Å². The molecular formula is C21H18O12. The molecule has 1 saturated heterocycles. The molecule has 0 saturated carbocycles. The fraction of sp³-hybridized carbons (Fsp3) is 0.238. The largest absolute Gasteiger partial charge is 0.508 e. The normalized spacial score (nSPS) is 25.2. The first-order valence-corrected chi connectivity index (χ1v) is 9.50. The molecule has 0 aliphatic carbocycles. The van der Waals surface area contributed by atoms with Crippen molar-refractivity contribution in [2.24, 2.45) is 0 Å². The maximum Gasteiger partial charge on any atom is 0.343 e. The topological polar surface area (TPSA) is 207 Å². The summed E-state index contributed by atoms with van der Waals surface area (Å²) < 4.78 is 15.3. The van der Waals surface area contributed by atoms with Crippen molar-refractivity contribution in [1.82, 2.24) is 0 Å². The number of ether oxygens (including phenoxy) is 2. The van der Waals surface area contributed by atoms with Crippen LogP contribution in [0.4, 0.5) is 0 Å². The van der Waals surface area contributed by atoms with Crippen molar-refractivity contribution in [3.05, 3.63) is 46.6 Å². The molecule has 2 heterocycles. The number of hydrogen-bond acceptors (Lipinski definition) is 12. The smallest absolute Gasteiger partial charge is 0.343 e. The predicted molar refractivity (Wildman–Crippen MR) is 107 cm³/mol. The molecule has 174 valence electrons. The van der Waals surface area contributed by atoms with Gasteiger partial charge in [-0.25, -0.2) is 4.79 Å². The fourth-order valence-corrected chi connectivity index (χ4v) is 3.34. The summed E-state index contributed by atoms with van der Waals surface area (Å²) in [5.74, 6) is -3.98. The minimum absolute atomic E-state index is 0.0199. The molecular weight excluding hydrogens is 444 g/mol. The van der Waals surface area contributed by atoms with Crippen molar-refractivity contribution in [1.29, 1.82) is 0 Å². The maximum atomic E-state index is 12.5. The molecule has 0 bridgehead atoms. The van der Waals surface area contributed by atoms with E-state index in [4.69, 9.17) is 13.9 Å². The van der Waals surface area contributed by atoms with Gasteiger partial charge in [0.1, 0.15) is 40.8 Å². The zero-order valence-corrected chi connectivity index (χ0v) is 16.5. The van der Waals surface area contributed by atoms with Gasteiger partial charge in [-0.1, -0.05) is 0 Å². The molecule has 2 aromatic carbocycles. The Bertz CT molecular complexity index is 1260. The van der Waals surface area contributed by atoms with Crippen LogP contribution in [0.1, 0.15) is 0 Å². The Kier molecular flexibility index (Phi) is 5.69. The van der Waals surface area contributed by atoms with Gasteiger partial charge in [-0.15, -0.1) is 0 Å². The van der Waals surface area contributed by atoms with Gasteiger partial charge in [-0.2, -0.15) is 0 Å². The van der Waals surface area contributed by atoms with Crippen LogP contribution in [0.15, 0.2) is 45.6 Å². The van der Waals surface area contributed by atoms with Gasteiger partial charge >= 0.3 is 5.97 Å². The summed E-state index contributed by atoms with van der Waals surface area (Å²) in [6.45, 7) is 0. The van der Waals surface area contributed by atoms with E-state index in [1.54, 1.807) is 0 Å². The van der Waals surface area contributed by atoms with Gasteiger partial charge < -0.3 is 49.6 Å². The van der Waals surface area contributed by atoms with Crippen LogP contribution < -0.4 is 10.2 Å². The minimum Gasteiger partial charge on any atom is -0.508 e. The summed E-state index contributed by atoms with van der Waals surface area (Å²) in [5.41, 5.74) is -0.598. The molecule has 0 unspecified atom stereocenters. The van der Waals surface area contributed by atoms with E-state index < -0.39 is 64.7 Å². The van der Waals surface area contributed by atoms with E-state index >= 15 is 0 Å². The van der Waals surface area contributed by atoms with Gasteiger partial charge in [0.15, 0.2) is 29.3 Å². The van der Waals surface area contributed by atoms with E-state index in [1.807, 2.05) is 0 Å². The second-order valence-corrected chi connectivity index (χ2v) is 7.31. The average molecular weight is 462 g/mol. The number of carbonyl (C=O) groups excluding carboxylic acids is 1. The van der Waals surface area contributed by atoms with E-state index in [-0.39, 0.29) is 17.1 Å². The molecule has 1 aliphatic heterocycles. The van der Waals surface area contributed by atoms with Crippen LogP contribution >= 0.6 is 0 Å². The lowest BCUT2D eigenvalue weighted by Gasteiger charge is -2.36. The van der Waals surface area contributed by atoms with Crippen molar-refractivity contribution in [2.45, 2.75) is 30.7 Å². The lowest BCUT2D eigenvalue weighted by Crippen LogP contribution is -2.60. The predicted octanol–water partition coefficient (Wildman–Crippen LogP) is -0.718. The summed E-state index contributed by atoms with van der Waals surface area (Å²) in [5, 5.41) is 68.3. The molecule has 0 amide bonds. The summed E-state index contributed by atoms with van der Waals surface area (Å²) in [7, 11) is 0. The first-order valence-electron chi connectivity index (χ1n) is 9.50. The first kappa shape index (κ1) is 22.5. The number of fused-ring (bicyclic) bond motifs is 1. The maximum absolute atomic E-state index is 12.5. The van der Waals surface area contributed by atoms with Crippen molar-refractivity contribution in [2.75, 3.05) is 0 Å². The molecule has 1 aliphatic rings. The molecule has 0 spiro atoms. The van der Waals surface area contributed by atoms with Crippen LogP contribution in [-0.2, 0) is 9.53 Å². The van der Waals surface area contributed by atoms with Gasteiger partial charge in [0.2, 0.25) is 5.75 Å². The second-order valence-electron chi connectivity index (χ2n) is 7.31. The highest BCUT2D eigenvalue weighted by atomic mass is 16.7.